The maximum Gasteiger partial charge on any atom is 0.314 e. The Labute approximate surface area is 124 Å². The topological polar surface area (TPSA) is 38.7 Å². The highest BCUT2D eigenvalue weighted by atomic mass is 16.6. The Bertz CT molecular complexity index is 726. The predicted molar refractivity (Wildman–Crippen MR) is 85.3 cm³/mol. The SMILES string of the molecule is CC(C)(C)OC(=O)C1CC=Nc2ccc3ccccc3c21. The normalized spacial score (nSPS) is 17.6. The van der Waals surface area contributed by atoms with Crippen LogP contribution < -0.4 is 0 Å². The molecule has 0 amide bonds. The molecule has 2 aromatic carbocycles. The van der Waals surface area contributed by atoms with Crippen molar-refractivity contribution in [2.45, 2.75) is 38.7 Å². The molecule has 3 heteroatoms. The van der Waals surface area contributed by atoms with Gasteiger partial charge in [0.1, 0.15) is 5.60 Å². The van der Waals surface area contributed by atoms with Crippen molar-refractivity contribution in [1.82, 2.24) is 0 Å². The second kappa shape index (κ2) is 4.99. The van der Waals surface area contributed by atoms with Crippen molar-refractivity contribution in [3.63, 3.8) is 0 Å². The highest BCUT2D eigenvalue weighted by Gasteiger charge is 2.30. The monoisotopic (exact) mass is 281 g/mol. The van der Waals surface area contributed by atoms with Crippen LogP contribution in [0.3, 0.4) is 0 Å². The molecule has 3 rings (SSSR count). The Morgan fingerprint density at radius 1 is 1.19 bits per heavy atom. The zero-order valence-corrected chi connectivity index (χ0v) is 12.6. The summed E-state index contributed by atoms with van der Waals surface area (Å²) in [5.41, 5.74) is 1.39. The first-order chi connectivity index (χ1) is 9.96. The quantitative estimate of drug-likeness (QED) is 0.728. The molecule has 0 saturated carbocycles. The van der Waals surface area contributed by atoms with Crippen LogP contribution in [0.1, 0.15) is 38.7 Å². The molecular formula is C18H19NO2. The number of hydrogen-bond acceptors (Lipinski definition) is 3. The fourth-order valence-corrected chi connectivity index (χ4v) is 2.72. The van der Waals surface area contributed by atoms with Crippen molar-refractivity contribution in [2.24, 2.45) is 4.99 Å². The van der Waals surface area contributed by atoms with Crippen molar-refractivity contribution >= 4 is 28.6 Å². The Hall–Kier alpha value is -2.16. The molecule has 0 saturated heterocycles. The summed E-state index contributed by atoms with van der Waals surface area (Å²) < 4.78 is 5.58. The summed E-state index contributed by atoms with van der Waals surface area (Å²) in [5.74, 6) is -0.450. The van der Waals surface area contributed by atoms with Crippen LogP contribution in [-0.4, -0.2) is 17.8 Å². The molecule has 0 bridgehead atoms. The molecule has 0 fully saturated rings. The van der Waals surface area contributed by atoms with Gasteiger partial charge >= 0.3 is 5.97 Å². The molecule has 21 heavy (non-hydrogen) atoms. The van der Waals surface area contributed by atoms with Gasteiger partial charge in [0.25, 0.3) is 0 Å². The summed E-state index contributed by atoms with van der Waals surface area (Å²) in [5, 5.41) is 2.21. The van der Waals surface area contributed by atoms with E-state index in [0.29, 0.717) is 6.42 Å². The number of nitrogens with zero attached hydrogens (tertiary/aromatic N) is 1. The fourth-order valence-electron chi connectivity index (χ4n) is 2.72. The predicted octanol–water partition coefficient (Wildman–Crippen LogP) is 4.37. The minimum atomic E-state index is -0.476. The lowest BCUT2D eigenvalue weighted by atomic mass is 9.88. The number of ether oxygens (including phenoxy) is 1. The lowest BCUT2D eigenvalue weighted by Crippen LogP contribution is -2.28. The van der Waals surface area contributed by atoms with Gasteiger partial charge in [-0.05, 0) is 37.6 Å². The maximum atomic E-state index is 12.5. The van der Waals surface area contributed by atoms with Gasteiger partial charge in [0.05, 0.1) is 11.6 Å². The first kappa shape index (κ1) is 13.8. The number of rotatable bonds is 1. The number of carbonyl (C=O) groups is 1. The molecule has 2 aromatic rings. The summed E-state index contributed by atoms with van der Waals surface area (Å²) >= 11 is 0. The standard InChI is InChI=1S/C18H19NO2/c1-18(2,3)21-17(20)14-10-11-19-15-9-8-12-6-4-5-7-13(12)16(14)15/h4-9,11,14H,10H2,1-3H3. The molecule has 0 aliphatic carbocycles. The molecule has 0 aromatic heterocycles. The molecule has 1 heterocycles. The van der Waals surface area contributed by atoms with Crippen molar-refractivity contribution in [3.8, 4) is 0 Å². The fraction of sp³-hybridized carbons (Fsp3) is 0.333. The van der Waals surface area contributed by atoms with E-state index in [9.17, 15) is 4.79 Å². The summed E-state index contributed by atoms with van der Waals surface area (Å²) in [6.45, 7) is 5.68. The second-order valence-electron chi connectivity index (χ2n) is 6.35. The largest absolute Gasteiger partial charge is 0.459 e. The van der Waals surface area contributed by atoms with Crippen LogP contribution in [0, 0.1) is 0 Å². The van der Waals surface area contributed by atoms with Crippen LogP contribution in [0.2, 0.25) is 0 Å². The Morgan fingerprint density at radius 3 is 2.71 bits per heavy atom. The number of benzene rings is 2. The van der Waals surface area contributed by atoms with Crippen LogP contribution in [0.15, 0.2) is 41.4 Å². The molecule has 108 valence electrons. The minimum Gasteiger partial charge on any atom is -0.459 e. The van der Waals surface area contributed by atoms with Crippen LogP contribution in [0.5, 0.6) is 0 Å². The third-order valence-corrected chi connectivity index (χ3v) is 3.56. The zero-order chi connectivity index (χ0) is 15.0. The lowest BCUT2D eigenvalue weighted by Gasteiger charge is -2.26. The number of carbonyl (C=O) groups excluding carboxylic acids is 1. The van der Waals surface area contributed by atoms with Crippen LogP contribution in [0.25, 0.3) is 10.8 Å². The number of hydrogen-bond donors (Lipinski definition) is 0. The van der Waals surface area contributed by atoms with Gasteiger partial charge in [-0.1, -0.05) is 30.3 Å². The number of esters is 1. The van der Waals surface area contributed by atoms with E-state index < -0.39 is 5.60 Å². The molecule has 1 unspecified atom stereocenters. The van der Waals surface area contributed by atoms with E-state index in [4.69, 9.17) is 4.74 Å². The van der Waals surface area contributed by atoms with E-state index in [2.05, 4.69) is 11.1 Å². The van der Waals surface area contributed by atoms with Gasteiger partial charge in [0.2, 0.25) is 0 Å². The molecule has 0 N–H and O–H groups in total. The first-order valence-electron chi connectivity index (χ1n) is 7.23. The zero-order valence-electron chi connectivity index (χ0n) is 12.6. The van der Waals surface area contributed by atoms with Crippen LogP contribution >= 0.6 is 0 Å². The van der Waals surface area contributed by atoms with Crippen LogP contribution in [0.4, 0.5) is 5.69 Å². The summed E-state index contributed by atoms with van der Waals surface area (Å²) in [7, 11) is 0. The van der Waals surface area contributed by atoms with E-state index in [1.165, 1.54) is 0 Å². The van der Waals surface area contributed by atoms with Gasteiger partial charge in [-0.3, -0.25) is 9.79 Å². The third kappa shape index (κ3) is 2.68. The Balaban J connectivity index is 2.10. The van der Waals surface area contributed by atoms with Crippen molar-refractivity contribution in [2.75, 3.05) is 0 Å². The van der Waals surface area contributed by atoms with Gasteiger partial charge in [0.15, 0.2) is 0 Å². The van der Waals surface area contributed by atoms with E-state index in [1.54, 1.807) is 0 Å². The smallest absolute Gasteiger partial charge is 0.314 e. The second-order valence-corrected chi connectivity index (χ2v) is 6.35. The Morgan fingerprint density at radius 2 is 1.95 bits per heavy atom. The van der Waals surface area contributed by atoms with Gasteiger partial charge in [-0.2, -0.15) is 0 Å². The molecule has 3 nitrogen and oxygen atoms in total. The average molecular weight is 281 g/mol. The third-order valence-electron chi connectivity index (χ3n) is 3.56. The van der Waals surface area contributed by atoms with E-state index in [0.717, 1.165) is 22.0 Å². The summed E-state index contributed by atoms with van der Waals surface area (Å²) in [4.78, 5) is 17.0. The molecule has 0 radical (unpaired) electrons. The summed E-state index contributed by atoms with van der Waals surface area (Å²) in [6, 6.07) is 12.1. The van der Waals surface area contributed by atoms with Crippen LogP contribution in [-0.2, 0) is 9.53 Å². The van der Waals surface area contributed by atoms with Gasteiger partial charge in [0, 0.05) is 18.2 Å². The van der Waals surface area contributed by atoms with E-state index in [1.807, 2.05) is 57.3 Å². The van der Waals surface area contributed by atoms with Crippen molar-refractivity contribution in [3.05, 3.63) is 42.0 Å². The highest BCUT2D eigenvalue weighted by molar-refractivity contribution is 5.98. The first-order valence-corrected chi connectivity index (χ1v) is 7.23. The minimum absolute atomic E-state index is 0.175. The average Bonchev–Trinajstić information content (AvgIpc) is 2.44. The number of fused-ring (bicyclic) bond motifs is 3. The van der Waals surface area contributed by atoms with Gasteiger partial charge in [-0.25, -0.2) is 0 Å². The molecule has 1 aliphatic heterocycles. The van der Waals surface area contributed by atoms with Gasteiger partial charge < -0.3 is 4.74 Å². The number of aliphatic imine (C=N–C) groups is 1. The van der Waals surface area contributed by atoms with Crippen molar-refractivity contribution in [1.29, 1.82) is 0 Å². The molecule has 1 atom stereocenters. The molecular weight excluding hydrogens is 262 g/mol. The van der Waals surface area contributed by atoms with E-state index in [-0.39, 0.29) is 11.9 Å². The summed E-state index contributed by atoms with van der Waals surface area (Å²) in [6.07, 6.45) is 2.40. The highest BCUT2D eigenvalue weighted by Crippen LogP contribution is 2.39. The molecule has 0 spiro atoms. The molecule has 1 aliphatic rings. The van der Waals surface area contributed by atoms with Gasteiger partial charge in [-0.15, -0.1) is 0 Å². The van der Waals surface area contributed by atoms with E-state index >= 15 is 0 Å². The maximum absolute atomic E-state index is 12.5. The lowest BCUT2D eigenvalue weighted by molar-refractivity contribution is -0.156. The van der Waals surface area contributed by atoms with Crippen molar-refractivity contribution < 1.29 is 9.53 Å². The Kier molecular flexibility index (Phi) is 3.28.